The normalized spacial score (nSPS) is 25.1. The summed E-state index contributed by atoms with van der Waals surface area (Å²) < 4.78 is 0. The molecule has 2 atom stereocenters. The summed E-state index contributed by atoms with van der Waals surface area (Å²) in [5.74, 6) is 0. The number of rotatable bonds is 1. The smallest absolute Gasteiger partial charge is 0.0926 e. The number of imidazole rings is 1. The average molecular weight is 263 g/mol. The first-order chi connectivity index (χ1) is 8.55. The average Bonchev–Trinajstić information content (AvgIpc) is 2.68. The van der Waals surface area contributed by atoms with Crippen molar-refractivity contribution < 1.29 is 0 Å². The van der Waals surface area contributed by atoms with Crippen LogP contribution in [0.25, 0.3) is 0 Å². The molecule has 0 aromatic carbocycles. The minimum atomic E-state index is 0.189. The molecule has 1 aliphatic rings. The van der Waals surface area contributed by atoms with Gasteiger partial charge in [0.05, 0.1) is 29.8 Å². The first-order valence-electron chi connectivity index (χ1n) is 7.35. The fourth-order valence-electron chi connectivity index (χ4n) is 3.52. The Kier molecular flexibility index (Phi) is 3.33. The predicted octanol–water partition coefficient (Wildman–Crippen LogP) is 4.31. The molecule has 0 radical (unpaired) electrons. The summed E-state index contributed by atoms with van der Waals surface area (Å²) >= 11 is 0. The van der Waals surface area contributed by atoms with Crippen LogP contribution in [0, 0.1) is 10.8 Å². The van der Waals surface area contributed by atoms with E-state index in [1.807, 2.05) is 6.33 Å². The molecule has 1 aromatic rings. The van der Waals surface area contributed by atoms with E-state index < -0.39 is 0 Å². The Hall–Kier alpha value is -0.830. The molecule has 2 unspecified atom stereocenters. The third-order valence-electron chi connectivity index (χ3n) is 4.07. The van der Waals surface area contributed by atoms with E-state index in [1.165, 1.54) is 11.4 Å². The van der Waals surface area contributed by atoms with Crippen molar-refractivity contribution in [2.24, 2.45) is 10.8 Å². The van der Waals surface area contributed by atoms with Gasteiger partial charge in [-0.15, -0.1) is 0 Å². The number of H-pyrrole nitrogens is 1. The molecule has 0 saturated carbocycles. The van der Waals surface area contributed by atoms with Gasteiger partial charge in [-0.2, -0.15) is 0 Å². The zero-order valence-corrected chi connectivity index (χ0v) is 13.7. The fraction of sp³-hybridized carbons (Fsp3) is 0.812. The Bertz CT molecular complexity index is 409. The molecule has 0 saturated heterocycles. The SMILES string of the molecule is CC(C)N1C(C(C)(C)C)c2nc[nH]c2C1C(C)(C)C. The van der Waals surface area contributed by atoms with E-state index in [9.17, 15) is 0 Å². The Morgan fingerprint density at radius 1 is 1.05 bits per heavy atom. The lowest BCUT2D eigenvalue weighted by Gasteiger charge is -2.44. The lowest BCUT2D eigenvalue weighted by molar-refractivity contribution is 0.00294. The third-order valence-corrected chi connectivity index (χ3v) is 4.07. The summed E-state index contributed by atoms with van der Waals surface area (Å²) in [6.07, 6.45) is 1.86. The molecule has 0 spiro atoms. The van der Waals surface area contributed by atoms with Crippen LogP contribution in [0.1, 0.15) is 78.9 Å². The molecule has 1 N–H and O–H groups in total. The van der Waals surface area contributed by atoms with E-state index in [1.54, 1.807) is 0 Å². The second kappa shape index (κ2) is 4.34. The van der Waals surface area contributed by atoms with Gasteiger partial charge in [0.15, 0.2) is 0 Å². The summed E-state index contributed by atoms with van der Waals surface area (Å²) in [6.45, 7) is 18.5. The zero-order chi connectivity index (χ0) is 14.6. The van der Waals surface area contributed by atoms with Crippen molar-refractivity contribution in [1.29, 1.82) is 0 Å². The van der Waals surface area contributed by atoms with Crippen molar-refractivity contribution in [1.82, 2.24) is 14.9 Å². The summed E-state index contributed by atoms with van der Waals surface area (Å²) in [5.41, 5.74) is 2.96. The molecular formula is C16H29N3. The van der Waals surface area contributed by atoms with Gasteiger partial charge in [-0.1, -0.05) is 41.5 Å². The molecule has 0 aliphatic carbocycles. The molecule has 3 nitrogen and oxygen atoms in total. The first-order valence-corrected chi connectivity index (χ1v) is 7.35. The monoisotopic (exact) mass is 263 g/mol. The van der Waals surface area contributed by atoms with Crippen LogP contribution >= 0.6 is 0 Å². The lowest BCUT2D eigenvalue weighted by atomic mass is 9.83. The van der Waals surface area contributed by atoms with Gasteiger partial charge in [0.25, 0.3) is 0 Å². The highest BCUT2D eigenvalue weighted by atomic mass is 15.3. The van der Waals surface area contributed by atoms with Gasteiger partial charge in [-0.3, -0.25) is 4.90 Å². The summed E-state index contributed by atoms with van der Waals surface area (Å²) in [4.78, 5) is 10.7. The van der Waals surface area contributed by atoms with Gasteiger partial charge in [-0.05, 0) is 24.7 Å². The molecule has 0 fully saturated rings. The Balaban J connectivity index is 2.58. The van der Waals surface area contributed by atoms with Crippen molar-refractivity contribution in [2.75, 3.05) is 0 Å². The molecule has 1 aromatic heterocycles. The highest BCUT2D eigenvalue weighted by Crippen LogP contribution is 2.55. The number of hydrogen-bond acceptors (Lipinski definition) is 2. The molecule has 19 heavy (non-hydrogen) atoms. The summed E-state index contributed by atoms with van der Waals surface area (Å²) in [5, 5.41) is 0. The Labute approximate surface area is 117 Å². The standard InChI is InChI=1S/C16H29N3/c1-10(2)19-13(15(3,4)5)11-12(18-9-17-11)14(19)16(6,7)8/h9-10,13-14H,1-8H3,(H,17,18). The lowest BCUT2D eigenvalue weighted by Crippen LogP contribution is -2.42. The minimum Gasteiger partial charge on any atom is -0.347 e. The number of aromatic nitrogens is 2. The minimum absolute atomic E-state index is 0.189. The quantitative estimate of drug-likeness (QED) is 0.819. The topological polar surface area (TPSA) is 31.9 Å². The Morgan fingerprint density at radius 3 is 2.00 bits per heavy atom. The van der Waals surface area contributed by atoms with Crippen LogP contribution < -0.4 is 0 Å². The molecule has 108 valence electrons. The van der Waals surface area contributed by atoms with Crippen LogP contribution in [0.2, 0.25) is 0 Å². The second-order valence-electron chi connectivity index (χ2n) is 8.28. The molecule has 1 aliphatic heterocycles. The summed E-state index contributed by atoms with van der Waals surface area (Å²) in [6, 6.07) is 1.31. The molecule has 2 rings (SSSR count). The van der Waals surface area contributed by atoms with Gasteiger partial charge in [0, 0.05) is 6.04 Å². The maximum atomic E-state index is 4.64. The number of aromatic amines is 1. The van der Waals surface area contributed by atoms with E-state index >= 15 is 0 Å². The van der Waals surface area contributed by atoms with Crippen molar-refractivity contribution in [3.8, 4) is 0 Å². The van der Waals surface area contributed by atoms with Crippen LogP contribution in [0.3, 0.4) is 0 Å². The van der Waals surface area contributed by atoms with Crippen LogP contribution in [-0.2, 0) is 0 Å². The van der Waals surface area contributed by atoms with Crippen LogP contribution in [0.5, 0.6) is 0 Å². The summed E-state index contributed by atoms with van der Waals surface area (Å²) in [7, 11) is 0. The van der Waals surface area contributed by atoms with Crippen LogP contribution in [0.4, 0.5) is 0 Å². The third kappa shape index (κ3) is 2.33. The van der Waals surface area contributed by atoms with E-state index in [2.05, 4.69) is 70.3 Å². The van der Waals surface area contributed by atoms with E-state index in [0.717, 1.165) is 0 Å². The van der Waals surface area contributed by atoms with E-state index in [-0.39, 0.29) is 10.8 Å². The number of hydrogen-bond donors (Lipinski definition) is 1. The highest BCUT2D eigenvalue weighted by molar-refractivity contribution is 5.30. The van der Waals surface area contributed by atoms with Crippen molar-refractivity contribution in [2.45, 2.75) is 73.5 Å². The van der Waals surface area contributed by atoms with Gasteiger partial charge < -0.3 is 4.98 Å². The van der Waals surface area contributed by atoms with Crippen molar-refractivity contribution >= 4 is 0 Å². The zero-order valence-electron chi connectivity index (χ0n) is 13.7. The Morgan fingerprint density at radius 2 is 1.58 bits per heavy atom. The number of fused-ring (bicyclic) bond motifs is 1. The number of nitrogens with zero attached hydrogens (tertiary/aromatic N) is 2. The first kappa shape index (κ1) is 14.6. The van der Waals surface area contributed by atoms with Crippen LogP contribution in [-0.4, -0.2) is 20.9 Å². The predicted molar refractivity (Wildman–Crippen MR) is 80.0 cm³/mol. The van der Waals surface area contributed by atoms with Gasteiger partial charge in [0.1, 0.15) is 0 Å². The molecular weight excluding hydrogens is 234 g/mol. The van der Waals surface area contributed by atoms with Crippen molar-refractivity contribution in [3.05, 3.63) is 17.7 Å². The van der Waals surface area contributed by atoms with E-state index in [0.29, 0.717) is 18.1 Å². The van der Waals surface area contributed by atoms with Gasteiger partial charge in [-0.25, -0.2) is 4.98 Å². The van der Waals surface area contributed by atoms with Gasteiger partial charge >= 0.3 is 0 Å². The van der Waals surface area contributed by atoms with Crippen LogP contribution in [0.15, 0.2) is 6.33 Å². The molecule has 3 heteroatoms. The maximum Gasteiger partial charge on any atom is 0.0926 e. The molecule has 2 heterocycles. The highest BCUT2D eigenvalue weighted by Gasteiger charge is 2.50. The molecule has 0 amide bonds. The molecule has 0 bridgehead atoms. The maximum absolute atomic E-state index is 4.64. The fourth-order valence-corrected chi connectivity index (χ4v) is 3.52. The van der Waals surface area contributed by atoms with E-state index in [4.69, 9.17) is 0 Å². The second-order valence-corrected chi connectivity index (χ2v) is 8.28. The largest absolute Gasteiger partial charge is 0.347 e. The van der Waals surface area contributed by atoms with Gasteiger partial charge in [0.2, 0.25) is 0 Å². The number of nitrogens with one attached hydrogen (secondary N) is 1. The van der Waals surface area contributed by atoms with Crippen molar-refractivity contribution in [3.63, 3.8) is 0 Å².